The Morgan fingerprint density at radius 2 is 1.63 bits per heavy atom. The van der Waals surface area contributed by atoms with Gasteiger partial charge in [0.15, 0.2) is 12.4 Å². The molecule has 9 heteroatoms. The van der Waals surface area contributed by atoms with Gasteiger partial charge in [-0.2, -0.15) is 4.31 Å². The lowest BCUT2D eigenvalue weighted by Crippen LogP contribution is -2.40. The molecule has 1 saturated heterocycles. The van der Waals surface area contributed by atoms with E-state index in [0.717, 1.165) is 0 Å². The molecule has 0 atom stereocenters. The van der Waals surface area contributed by atoms with Crippen LogP contribution in [0.4, 0.5) is 0 Å². The first-order chi connectivity index (χ1) is 14.3. The number of sulfonamides is 1. The SMILES string of the molecule is COc1ccc(S(=O)(=O)N2CCC(C(=O)OCC(=O)c3ccc(Cl)cc3)CC2)cc1. The molecule has 160 valence electrons. The number of halogens is 1. The molecule has 0 spiro atoms. The van der Waals surface area contributed by atoms with Crippen molar-refractivity contribution < 1.29 is 27.5 Å². The van der Waals surface area contributed by atoms with E-state index in [0.29, 0.717) is 29.2 Å². The van der Waals surface area contributed by atoms with Gasteiger partial charge in [0.05, 0.1) is 17.9 Å². The molecule has 3 rings (SSSR count). The molecule has 1 fully saturated rings. The summed E-state index contributed by atoms with van der Waals surface area (Å²) >= 11 is 5.79. The highest BCUT2D eigenvalue weighted by Gasteiger charge is 2.33. The molecule has 2 aromatic rings. The van der Waals surface area contributed by atoms with E-state index in [4.69, 9.17) is 21.1 Å². The second-order valence-electron chi connectivity index (χ2n) is 6.89. The van der Waals surface area contributed by atoms with E-state index < -0.39 is 21.9 Å². The molecule has 0 unspecified atom stereocenters. The Morgan fingerprint density at radius 3 is 2.20 bits per heavy atom. The van der Waals surface area contributed by atoms with Crippen molar-refractivity contribution in [1.82, 2.24) is 4.31 Å². The molecular weight excluding hydrogens is 430 g/mol. The van der Waals surface area contributed by atoms with Gasteiger partial charge in [-0.15, -0.1) is 0 Å². The molecule has 0 bridgehead atoms. The van der Waals surface area contributed by atoms with Gasteiger partial charge >= 0.3 is 5.97 Å². The molecule has 0 aliphatic carbocycles. The predicted octanol–water partition coefficient (Wildman–Crippen LogP) is 3.18. The Balaban J connectivity index is 1.52. The summed E-state index contributed by atoms with van der Waals surface area (Å²) in [5, 5.41) is 0.514. The Morgan fingerprint density at radius 1 is 1.03 bits per heavy atom. The summed E-state index contributed by atoms with van der Waals surface area (Å²) < 4.78 is 37.1. The Kier molecular flexibility index (Phi) is 7.12. The Labute approximate surface area is 180 Å². The van der Waals surface area contributed by atoms with E-state index in [1.54, 1.807) is 36.4 Å². The molecular formula is C21H22ClNO6S. The third-order valence-corrected chi connectivity index (χ3v) is 7.16. The van der Waals surface area contributed by atoms with Crippen molar-refractivity contribution in [3.05, 3.63) is 59.1 Å². The Hall–Kier alpha value is -2.42. The van der Waals surface area contributed by atoms with Crippen molar-refractivity contribution in [1.29, 1.82) is 0 Å². The topological polar surface area (TPSA) is 90.0 Å². The first-order valence-electron chi connectivity index (χ1n) is 9.41. The van der Waals surface area contributed by atoms with Crippen LogP contribution in [0.15, 0.2) is 53.4 Å². The van der Waals surface area contributed by atoms with Gasteiger partial charge in [0.25, 0.3) is 0 Å². The van der Waals surface area contributed by atoms with Crippen LogP contribution in [0.5, 0.6) is 5.75 Å². The van der Waals surface area contributed by atoms with Gasteiger partial charge in [-0.05, 0) is 61.4 Å². The Bertz CT molecular complexity index is 997. The molecule has 7 nitrogen and oxygen atoms in total. The average molecular weight is 452 g/mol. The van der Waals surface area contributed by atoms with Crippen molar-refractivity contribution in [2.24, 2.45) is 5.92 Å². The van der Waals surface area contributed by atoms with E-state index in [-0.39, 0.29) is 30.4 Å². The van der Waals surface area contributed by atoms with Crippen LogP contribution in [0.1, 0.15) is 23.2 Å². The highest BCUT2D eigenvalue weighted by molar-refractivity contribution is 7.89. The van der Waals surface area contributed by atoms with E-state index in [2.05, 4.69) is 0 Å². The number of ketones is 1. The fourth-order valence-corrected chi connectivity index (χ4v) is 4.80. The second kappa shape index (κ2) is 9.59. The number of hydrogen-bond acceptors (Lipinski definition) is 6. The van der Waals surface area contributed by atoms with Gasteiger partial charge in [-0.3, -0.25) is 9.59 Å². The molecule has 1 heterocycles. The summed E-state index contributed by atoms with van der Waals surface area (Å²) in [6, 6.07) is 12.5. The van der Waals surface area contributed by atoms with Crippen molar-refractivity contribution in [2.75, 3.05) is 26.8 Å². The highest BCUT2D eigenvalue weighted by atomic mass is 35.5. The largest absolute Gasteiger partial charge is 0.497 e. The number of benzene rings is 2. The number of piperidine rings is 1. The second-order valence-corrected chi connectivity index (χ2v) is 9.27. The van der Waals surface area contributed by atoms with Crippen molar-refractivity contribution in [2.45, 2.75) is 17.7 Å². The zero-order chi connectivity index (χ0) is 21.7. The van der Waals surface area contributed by atoms with Crippen LogP contribution < -0.4 is 4.74 Å². The number of carbonyl (C=O) groups excluding carboxylic acids is 2. The third kappa shape index (κ3) is 5.19. The number of nitrogens with zero attached hydrogens (tertiary/aromatic N) is 1. The number of methoxy groups -OCH3 is 1. The maximum absolute atomic E-state index is 12.8. The lowest BCUT2D eigenvalue weighted by atomic mass is 9.98. The minimum atomic E-state index is -3.64. The van der Waals surface area contributed by atoms with Crippen LogP contribution in [0.25, 0.3) is 0 Å². The fourth-order valence-electron chi connectivity index (χ4n) is 3.20. The average Bonchev–Trinajstić information content (AvgIpc) is 2.77. The van der Waals surface area contributed by atoms with E-state index >= 15 is 0 Å². The lowest BCUT2D eigenvalue weighted by Gasteiger charge is -2.30. The van der Waals surface area contributed by atoms with Gasteiger partial charge in [-0.1, -0.05) is 11.6 Å². The van der Waals surface area contributed by atoms with Crippen molar-refractivity contribution >= 4 is 33.4 Å². The zero-order valence-corrected chi connectivity index (χ0v) is 18.0. The van der Waals surface area contributed by atoms with Crippen molar-refractivity contribution in [3.8, 4) is 5.75 Å². The van der Waals surface area contributed by atoms with Crippen LogP contribution in [-0.2, 0) is 19.6 Å². The summed E-state index contributed by atoms with van der Waals surface area (Å²) in [6.07, 6.45) is 0.673. The maximum atomic E-state index is 12.8. The minimum Gasteiger partial charge on any atom is -0.497 e. The van der Waals surface area contributed by atoms with Crippen molar-refractivity contribution in [3.63, 3.8) is 0 Å². The van der Waals surface area contributed by atoms with Crippen LogP contribution in [0, 0.1) is 5.92 Å². The molecule has 0 radical (unpaired) electrons. The summed E-state index contributed by atoms with van der Waals surface area (Å²) in [5.41, 5.74) is 0.410. The lowest BCUT2D eigenvalue weighted by molar-refractivity contribution is -0.148. The zero-order valence-electron chi connectivity index (χ0n) is 16.4. The van der Waals surface area contributed by atoms with Gasteiger partial charge in [0.2, 0.25) is 10.0 Å². The molecule has 30 heavy (non-hydrogen) atoms. The van der Waals surface area contributed by atoms with E-state index in [9.17, 15) is 18.0 Å². The van der Waals surface area contributed by atoms with Gasteiger partial charge in [-0.25, -0.2) is 8.42 Å². The molecule has 0 N–H and O–H groups in total. The van der Waals surface area contributed by atoms with Crippen LogP contribution in [0.2, 0.25) is 5.02 Å². The molecule has 1 aliphatic heterocycles. The maximum Gasteiger partial charge on any atom is 0.309 e. The molecule has 0 saturated carbocycles. The number of esters is 1. The fraction of sp³-hybridized carbons (Fsp3) is 0.333. The predicted molar refractivity (Wildman–Crippen MR) is 111 cm³/mol. The smallest absolute Gasteiger partial charge is 0.309 e. The van der Waals surface area contributed by atoms with Crippen LogP contribution in [0.3, 0.4) is 0 Å². The highest BCUT2D eigenvalue weighted by Crippen LogP contribution is 2.26. The minimum absolute atomic E-state index is 0.179. The molecule has 2 aromatic carbocycles. The summed E-state index contributed by atoms with van der Waals surface area (Å²) in [5.74, 6) is -0.674. The quantitative estimate of drug-likeness (QED) is 0.474. The van der Waals surface area contributed by atoms with E-state index in [1.807, 2.05) is 0 Å². The summed E-state index contributed by atoms with van der Waals surface area (Å²) in [6.45, 7) is 0.0589. The first-order valence-corrected chi connectivity index (χ1v) is 11.2. The molecule has 0 aromatic heterocycles. The summed E-state index contributed by atoms with van der Waals surface area (Å²) in [4.78, 5) is 24.6. The number of ether oxygens (including phenoxy) is 2. The number of Topliss-reactive ketones (excluding diaryl/α,β-unsaturated/α-hetero) is 1. The number of hydrogen-bond donors (Lipinski definition) is 0. The van der Waals surface area contributed by atoms with Crippen LogP contribution >= 0.6 is 11.6 Å². The monoisotopic (exact) mass is 451 g/mol. The number of rotatable bonds is 7. The molecule has 1 aliphatic rings. The molecule has 0 amide bonds. The third-order valence-electron chi connectivity index (χ3n) is 5.00. The standard InChI is InChI=1S/C21H22ClNO6S/c1-28-18-6-8-19(9-7-18)30(26,27)23-12-10-16(11-13-23)21(25)29-14-20(24)15-2-4-17(22)5-3-15/h2-9,16H,10-14H2,1H3. The van der Waals surface area contributed by atoms with Gasteiger partial charge < -0.3 is 9.47 Å². The first kappa shape index (κ1) is 22.3. The normalized spacial score (nSPS) is 15.5. The number of carbonyl (C=O) groups is 2. The van der Waals surface area contributed by atoms with Crippen LogP contribution in [-0.4, -0.2) is 51.3 Å². The van der Waals surface area contributed by atoms with Gasteiger partial charge in [0, 0.05) is 23.7 Å². The van der Waals surface area contributed by atoms with E-state index in [1.165, 1.54) is 23.5 Å². The van der Waals surface area contributed by atoms with Gasteiger partial charge in [0.1, 0.15) is 5.75 Å². The summed E-state index contributed by atoms with van der Waals surface area (Å²) in [7, 11) is -2.13.